The van der Waals surface area contributed by atoms with E-state index in [1.165, 1.54) is 42.2 Å². The van der Waals surface area contributed by atoms with Gasteiger partial charge in [0.2, 0.25) is 0 Å². The average molecular weight is 499 g/mol. The van der Waals surface area contributed by atoms with Crippen LogP contribution >= 0.6 is 0 Å². The van der Waals surface area contributed by atoms with Gasteiger partial charge in [-0.25, -0.2) is 0 Å². The van der Waals surface area contributed by atoms with Crippen molar-refractivity contribution < 1.29 is 0 Å². The van der Waals surface area contributed by atoms with Crippen molar-refractivity contribution in [3.63, 3.8) is 0 Å². The second-order valence-corrected chi connectivity index (χ2v) is 10.4. The normalized spacial score (nSPS) is 14.1. The lowest BCUT2D eigenvalue weighted by Crippen LogP contribution is -2.20. The zero-order valence-electron chi connectivity index (χ0n) is 21.2. The van der Waals surface area contributed by atoms with Crippen molar-refractivity contribution in [2.45, 2.75) is 32.2 Å². The van der Waals surface area contributed by atoms with Crippen LogP contribution in [-0.2, 0) is 6.54 Å². The van der Waals surface area contributed by atoms with Crippen molar-refractivity contribution in [3.8, 4) is 33.6 Å². The van der Waals surface area contributed by atoms with Gasteiger partial charge in [0.05, 0.1) is 11.2 Å². The number of aromatic amines is 2. The zero-order chi connectivity index (χ0) is 25.3. The second kappa shape index (κ2) is 9.88. The number of hydrogen-bond acceptors (Lipinski definition) is 4. The molecule has 1 aliphatic rings. The summed E-state index contributed by atoms with van der Waals surface area (Å²) in [7, 11) is 0. The maximum absolute atomic E-state index is 4.70. The van der Waals surface area contributed by atoms with Gasteiger partial charge in [0, 0.05) is 53.2 Å². The Morgan fingerprint density at radius 3 is 2.58 bits per heavy atom. The molecule has 1 saturated carbocycles. The maximum atomic E-state index is 4.70. The molecular weight excluding hydrogens is 468 g/mol. The molecule has 0 spiro atoms. The molecule has 6 aromatic rings. The van der Waals surface area contributed by atoms with Crippen molar-refractivity contribution in [3.05, 3.63) is 91.0 Å². The molecule has 38 heavy (non-hydrogen) atoms. The summed E-state index contributed by atoms with van der Waals surface area (Å²) in [5.74, 6) is 0.832. The highest BCUT2D eigenvalue weighted by Crippen LogP contribution is 2.35. The van der Waals surface area contributed by atoms with E-state index in [0.29, 0.717) is 0 Å². The SMILES string of the molecule is c1cc(-c2ccncc2)c2cc(-c3n[nH]c4ccc(-c5cncc(CNCC6CCCC6)c5)cc34)[nH]c2c1. The number of aromatic nitrogens is 5. The minimum atomic E-state index is 0.832. The van der Waals surface area contributed by atoms with Crippen molar-refractivity contribution in [2.24, 2.45) is 5.92 Å². The predicted molar refractivity (Wildman–Crippen MR) is 154 cm³/mol. The largest absolute Gasteiger partial charge is 0.353 e. The summed E-state index contributed by atoms with van der Waals surface area (Å²) >= 11 is 0. The first-order valence-electron chi connectivity index (χ1n) is 13.5. The van der Waals surface area contributed by atoms with Gasteiger partial charge in [-0.2, -0.15) is 5.10 Å². The Kier molecular flexibility index (Phi) is 5.94. The minimum absolute atomic E-state index is 0.832. The van der Waals surface area contributed by atoms with Gasteiger partial charge in [0.15, 0.2) is 0 Å². The molecule has 2 aromatic carbocycles. The Balaban J connectivity index is 1.20. The van der Waals surface area contributed by atoms with Crippen LogP contribution in [0.5, 0.6) is 0 Å². The molecule has 4 aromatic heterocycles. The van der Waals surface area contributed by atoms with Crippen LogP contribution in [0.25, 0.3) is 55.4 Å². The van der Waals surface area contributed by atoms with Crippen molar-refractivity contribution in [1.82, 2.24) is 30.5 Å². The molecule has 1 fully saturated rings. The average Bonchev–Trinajstić information content (AvgIpc) is 3.73. The molecule has 0 amide bonds. The summed E-state index contributed by atoms with van der Waals surface area (Å²) in [5.41, 5.74) is 9.81. The third-order valence-electron chi connectivity index (χ3n) is 7.84. The molecule has 0 bridgehead atoms. The number of H-pyrrole nitrogens is 2. The number of hydrogen-bond donors (Lipinski definition) is 3. The first-order valence-corrected chi connectivity index (χ1v) is 13.5. The lowest BCUT2D eigenvalue weighted by atomic mass is 10.0. The summed E-state index contributed by atoms with van der Waals surface area (Å²) in [6, 6.07) is 21.4. The number of benzene rings is 2. The van der Waals surface area contributed by atoms with E-state index in [-0.39, 0.29) is 0 Å². The van der Waals surface area contributed by atoms with Crippen molar-refractivity contribution in [2.75, 3.05) is 6.54 Å². The molecule has 188 valence electrons. The quantitative estimate of drug-likeness (QED) is 0.219. The Labute approximate surface area is 221 Å². The lowest BCUT2D eigenvalue weighted by Gasteiger charge is -2.11. The summed E-state index contributed by atoms with van der Waals surface area (Å²) in [6.07, 6.45) is 13.1. The highest BCUT2D eigenvalue weighted by molar-refractivity contribution is 6.01. The van der Waals surface area contributed by atoms with E-state index in [1.54, 1.807) is 0 Å². The van der Waals surface area contributed by atoms with Crippen LogP contribution in [0.3, 0.4) is 0 Å². The zero-order valence-corrected chi connectivity index (χ0v) is 21.2. The van der Waals surface area contributed by atoms with E-state index in [2.05, 4.69) is 73.9 Å². The monoisotopic (exact) mass is 498 g/mol. The smallest absolute Gasteiger partial charge is 0.116 e. The number of nitrogens with one attached hydrogen (secondary N) is 3. The summed E-state index contributed by atoms with van der Waals surface area (Å²) < 4.78 is 0. The Morgan fingerprint density at radius 2 is 1.68 bits per heavy atom. The van der Waals surface area contributed by atoms with Gasteiger partial charge >= 0.3 is 0 Å². The lowest BCUT2D eigenvalue weighted by molar-refractivity contribution is 0.489. The van der Waals surface area contributed by atoms with E-state index in [4.69, 9.17) is 5.10 Å². The standard InChI is InChI=1S/C32H30N6/c1-2-5-21(4-1)17-34-18-22-14-25(20-35-19-22)24-8-9-30-28(15-24)32(38-37-30)31-16-27-26(6-3-7-29(27)36-31)23-10-12-33-13-11-23/h3,6-16,19-21,34,36H,1-2,4-5,17-18H2,(H,37,38). The summed E-state index contributed by atoms with van der Waals surface area (Å²) in [6.45, 7) is 1.95. The van der Waals surface area contributed by atoms with Crippen LogP contribution in [0.1, 0.15) is 31.2 Å². The fourth-order valence-electron chi connectivity index (χ4n) is 5.84. The van der Waals surface area contributed by atoms with Crippen LogP contribution in [0.15, 0.2) is 85.5 Å². The van der Waals surface area contributed by atoms with Crippen LogP contribution in [0.4, 0.5) is 0 Å². The van der Waals surface area contributed by atoms with E-state index in [1.807, 2.05) is 36.9 Å². The van der Waals surface area contributed by atoms with Crippen molar-refractivity contribution in [1.29, 1.82) is 0 Å². The number of fused-ring (bicyclic) bond motifs is 2. The number of nitrogens with zero attached hydrogens (tertiary/aromatic N) is 3. The molecule has 0 radical (unpaired) electrons. The molecule has 6 nitrogen and oxygen atoms in total. The maximum Gasteiger partial charge on any atom is 0.116 e. The van der Waals surface area contributed by atoms with E-state index in [0.717, 1.165) is 63.5 Å². The molecule has 0 atom stereocenters. The molecule has 0 unspecified atom stereocenters. The van der Waals surface area contributed by atoms with Gasteiger partial charge in [-0.15, -0.1) is 0 Å². The molecule has 0 aliphatic heterocycles. The topological polar surface area (TPSA) is 82.3 Å². The number of rotatable bonds is 7. The van der Waals surface area contributed by atoms with Gasteiger partial charge in [-0.3, -0.25) is 15.1 Å². The molecule has 0 saturated heterocycles. The van der Waals surface area contributed by atoms with Gasteiger partial charge in [-0.1, -0.05) is 31.0 Å². The molecule has 4 heterocycles. The Hall–Kier alpha value is -4.29. The fourth-order valence-corrected chi connectivity index (χ4v) is 5.84. The van der Waals surface area contributed by atoms with Crippen molar-refractivity contribution >= 4 is 21.8 Å². The van der Waals surface area contributed by atoms with Crippen LogP contribution in [0.2, 0.25) is 0 Å². The van der Waals surface area contributed by atoms with Gasteiger partial charge in [0.1, 0.15) is 5.69 Å². The molecule has 6 heteroatoms. The van der Waals surface area contributed by atoms with E-state index >= 15 is 0 Å². The van der Waals surface area contributed by atoms with Gasteiger partial charge < -0.3 is 10.3 Å². The van der Waals surface area contributed by atoms with Crippen LogP contribution < -0.4 is 5.32 Å². The van der Waals surface area contributed by atoms with Crippen LogP contribution in [-0.4, -0.2) is 31.7 Å². The highest BCUT2D eigenvalue weighted by Gasteiger charge is 2.16. The predicted octanol–water partition coefficient (Wildman–Crippen LogP) is 7.12. The van der Waals surface area contributed by atoms with E-state index < -0.39 is 0 Å². The first kappa shape index (κ1) is 22.9. The molecule has 1 aliphatic carbocycles. The fraction of sp³-hybridized carbons (Fsp3) is 0.219. The van der Waals surface area contributed by atoms with E-state index in [9.17, 15) is 0 Å². The molecule has 3 N–H and O–H groups in total. The highest BCUT2D eigenvalue weighted by atomic mass is 15.1. The Morgan fingerprint density at radius 1 is 0.789 bits per heavy atom. The summed E-state index contributed by atoms with van der Waals surface area (Å²) in [4.78, 5) is 12.3. The summed E-state index contributed by atoms with van der Waals surface area (Å²) in [5, 5.41) is 13.8. The third kappa shape index (κ3) is 4.37. The Bertz CT molecular complexity index is 1710. The third-order valence-corrected chi connectivity index (χ3v) is 7.84. The van der Waals surface area contributed by atoms with Crippen LogP contribution in [0, 0.1) is 5.92 Å². The number of pyridine rings is 2. The molecular formula is C32H30N6. The molecule has 7 rings (SSSR count). The second-order valence-electron chi connectivity index (χ2n) is 10.4. The minimum Gasteiger partial charge on any atom is -0.353 e. The first-order chi connectivity index (χ1) is 18.8. The van der Waals surface area contributed by atoms with Gasteiger partial charge in [0.25, 0.3) is 0 Å². The van der Waals surface area contributed by atoms with Gasteiger partial charge in [-0.05, 0) is 90.0 Å².